The molecule has 0 atom stereocenters. The number of hydrogen-bond acceptors (Lipinski definition) is 5. The molecule has 5 heteroatoms. The van der Waals surface area contributed by atoms with Crippen LogP contribution in [0.3, 0.4) is 0 Å². The summed E-state index contributed by atoms with van der Waals surface area (Å²) >= 11 is 1.37. The van der Waals surface area contributed by atoms with Gasteiger partial charge in [-0.3, -0.25) is 0 Å². The summed E-state index contributed by atoms with van der Waals surface area (Å²) < 4.78 is 10.3. The highest BCUT2D eigenvalue weighted by molar-refractivity contribution is 7.13. The van der Waals surface area contributed by atoms with Crippen LogP contribution in [0.25, 0.3) is 0 Å². The molecule has 0 radical (unpaired) electrons. The average molecular weight is 291 g/mol. The highest BCUT2D eigenvalue weighted by Crippen LogP contribution is 2.23. The van der Waals surface area contributed by atoms with Gasteiger partial charge in [0.1, 0.15) is 10.6 Å². The predicted octanol–water partition coefficient (Wildman–Crippen LogP) is 3.23. The van der Waals surface area contributed by atoms with Crippen LogP contribution in [0, 0.1) is 6.92 Å². The first-order valence-corrected chi connectivity index (χ1v) is 7.22. The van der Waals surface area contributed by atoms with Crippen LogP contribution in [0.1, 0.15) is 32.9 Å². The number of esters is 1. The van der Waals surface area contributed by atoms with Gasteiger partial charge in [0.2, 0.25) is 0 Å². The van der Waals surface area contributed by atoms with E-state index in [0.717, 1.165) is 22.0 Å². The van der Waals surface area contributed by atoms with Crippen LogP contribution < -0.4 is 4.74 Å². The van der Waals surface area contributed by atoms with Gasteiger partial charge >= 0.3 is 5.97 Å². The lowest BCUT2D eigenvalue weighted by Gasteiger charge is -2.05. The number of ether oxygens (including phenoxy) is 2. The number of thiazole rings is 1. The van der Waals surface area contributed by atoms with E-state index in [0.29, 0.717) is 17.9 Å². The monoisotopic (exact) mass is 291 g/mol. The maximum Gasteiger partial charge on any atom is 0.350 e. The Morgan fingerprint density at radius 2 is 2.20 bits per heavy atom. The zero-order valence-electron chi connectivity index (χ0n) is 11.8. The second-order valence-corrected chi connectivity index (χ2v) is 5.46. The van der Waals surface area contributed by atoms with Crippen LogP contribution >= 0.6 is 11.3 Å². The Morgan fingerprint density at radius 1 is 1.40 bits per heavy atom. The van der Waals surface area contributed by atoms with Gasteiger partial charge in [0.25, 0.3) is 0 Å². The fraction of sp³-hybridized carbons (Fsp3) is 0.333. The molecule has 0 spiro atoms. The molecule has 1 heterocycles. The van der Waals surface area contributed by atoms with E-state index >= 15 is 0 Å². The largest absolute Gasteiger partial charge is 0.497 e. The third-order valence-electron chi connectivity index (χ3n) is 2.77. The van der Waals surface area contributed by atoms with Gasteiger partial charge in [0, 0.05) is 6.42 Å². The van der Waals surface area contributed by atoms with Gasteiger partial charge in [0.05, 0.1) is 24.4 Å². The van der Waals surface area contributed by atoms with E-state index in [1.54, 1.807) is 14.0 Å². The maximum absolute atomic E-state index is 11.9. The third kappa shape index (κ3) is 3.36. The average Bonchev–Trinajstić information content (AvgIpc) is 2.80. The highest BCUT2D eigenvalue weighted by Gasteiger charge is 2.18. The van der Waals surface area contributed by atoms with Gasteiger partial charge in [-0.1, -0.05) is 12.1 Å². The molecule has 4 nitrogen and oxygen atoms in total. The van der Waals surface area contributed by atoms with Crippen molar-refractivity contribution in [3.63, 3.8) is 0 Å². The van der Waals surface area contributed by atoms with Crippen LogP contribution in [-0.2, 0) is 11.2 Å². The molecule has 0 aliphatic heterocycles. The van der Waals surface area contributed by atoms with Crippen molar-refractivity contribution in [1.82, 2.24) is 4.98 Å². The number of benzene rings is 1. The van der Waals surface area contributed by atoms with Gasteiger partial charge in [-0.15, -0.1) is 11.3 Å². The van der Waals surface area contributed by atoms with Crippen molar-refractivity contribution in [1.29, 1.82) is 0 Å². The standard InChI is InChI=1S/C15H17NO3S/c1-4-19-15(17)14-13(16-10(2)20-14)9-11-6-5-7-12(8-11)18-3/h5-8H,4,9H2,1-3H3. The topological polar surface area (TPSA) is 48.4 Å². The number of hydrogen-bond donors (Lipinski definition) is 0. The van der Waals surface area contributed by atoms with E-state index < -0.39 is 0 Å². The Labute approximate surface area is 122 Å². The van der Waals surface area contributed by atoms with Gasteiger partial charge in [-0.2, -0.15) is 0 Å². The molecule has 2 aromatic rings. The first-order chi connectivity index (χ1) is 9.63. The second kappa shape index (κ2) is 6.52. The Kier molecular flexibility index (Phi) is 4.74. The lowest BCUT2D eigenvalue weighted by atomic mass is 10.1. The van der Waals surface area contributed by atoms with Gasteiger partial charge in [-0.05, 0) is 31.5 Å². The lowest BCUT2D eigenvalue weighted by molar-refractivity contribution is 0.0530. The number of aryl methyl sites for hydroxylation is 1. The summed E-state index contributed by atoms with van der Waals surface area (Å²) in [5.41, 5.74) is 1.82. The maximum atomic E-state index is 11.9. The summed E-state index contributed by atoms with van der Waals surface area (Å²) in [5.74, 6) is 0.503. The van der Waals surface area contributed by atoms with Crippen LogP contribution in [0.2, 0.25) is 0 Å². The SMILES string of the molecule is CCOC(=O)c1sc(C)nc1Cc1cccc(OC)c1. The first-order valence-electron chi connectivity index (χ1n) is 6.40. The van der Waals surface area contributed by atoms with Crippen molar-refractivity contribution in [2.45, 2.75) is 20.3 Å². The smallest absolute Gasteiger partial charge is 0.350 e. The van der Waals surface area contributed by atoms with Crippen molar-refractivity contribution >= 4 is 17.3 Å². The fourth-order valence-corrected chi connectivity index (χ4v) is 2.75. The Morgan fingerprint density at radius 3 is 2.90 bits per heavy atom. The molecular formula is C15H17NO3S. The number of carbonyl (C=O) groups excluding carboxylic acids is 1. The summed E-state index contributed by atoms with van der Waals surface area (Å²) in [6.45, 7) is 4.06. The van der Waals surface area contributed by atoms with E-state index in [4.69, 9.17) is 9.47 Å². The van der Waals surface area contributed by atoms with Gasteiger partial charge in [-0.25, -0.2) is 9.78 Å². The molecule has 0 saturated heterocycles. The molecule has 0 aliphatic carbocycles. The van der Waals surface area contributed by atoms with Crippen molar-refractivity contribution in [3.05, 3.63) is 45.4 Å². The zero-order valence-corrected chi connectivity index (χ0v) is 12.6. The van der Waals surface area contributed by atoms with Gasteiger partial charge in [0.15, 0.2) is 0 Å². The van der Waals surface area contributed by atoms with Crippen molar-refractivity contribution in [2.75, 3.05) is 13.7 Å². The van der Waals surface area contributed by atoms with E-state index in [1.165, 1.54) is 11.3 Å². The molecule has 0 N–H and O–H groups in total. The molecule has 0 fully saturated rings. The van der Waals surface area contributed by atoms with Crippen LogP contribution in [0.4, 0.5) is 0 Å². The van der Waals surface area contributed by atoms with Crippen molar-refractivity contribution in [3.8, 4) is 5.75 Å². The molecule has 2 rings (SSSR count). The normalized spacial score (nSPS) is 10.3. The lowest BCUT2D eigenvalue weighted by Crippen LogP contribution is -2.06. The molecule has 0 unspecified atom stereocenters. The molecule has 0 bridgehead atoms. The van der Waals surface area contributed by atoms with E-state index in [9.17, 15) is 4.79 Å². The molecular weight excluding hydrogens is 274 g/mol. The number of methoxy groups -OCH3 is 1. The highest BCUT2D eigenvalue weighted by atomic mass is 32.1. The van der Waals surface area contributed by atoms with Crippen LogP contribution in [-0.4, -0.2) is 24.7 Å². The minimum absolute atomic E-state index is 0.295. The molecule has 106 valence electrons. The zero-order chi connectivity index (χ0) is 14.5. The number of rotatable bonds is 5. The van der Waals surface area contributed by atoms with Crippen LogP contribution in [0.5, 0.6) is 5.75 Å². The number of nitrogens with zero attached hydrogens (tertiary/aromatic N) is 1. The molecule has 1 aromatic heterocycles. The minimum atomic E-state index is -0.295. The molecule has 0 aliphatic rings. The summed E-state index contributed by atoms with van der Waals surface area (Å²) in [6, 6.07) is 7.76. The summed E-state index contributed by atoms with van der Waals surface area (Å²) in [7, 11) is 1.64. The Balaban J connectivity index is 2.26. The third-order valence-corrected chi connectivity index (χ3v) is 3.76. The quantitative estimate of drug-likeness (QED) is 0.794. The summed E-state index contributed by atoms with van der Waals surface area (Å²) in [5, 5.41) is 0.867. The van der Waals surface area contributed by atoms with Crippen molar-refractivity contribution in [2.24, 2.45) is 0 Å². The van der Waals surface area contributed by atoms with E-state index in [-0.39, 0.29) is 5.97 Å². The van der Waals surface area contributed by atoms with Crippen molar-refractivity contribution < 1.29 is 14.3 Å². The Bertz CT molecular complexity index is 607. The second-order valence-electron chi connectivity index (χ2n) is 4.26. The predicted molar refractivity (Wildman–Crippen MR) is 78.6 cm³/mol. The number of carbonyl (C=O) groups is 1. The van der Waals surface area contributed by atoms with E-state index in [1.807, 2.05) is 31.2 Å². The van der Waals surface area contributed by atoms with E-state index in [2.05, 4.69) is 4.98 Å². The minimum Gasteiger partial charge on any atom is -0.497 e. The molecule has 0 amide bonds. The Hall–Kier alpha value is -1.88. The van der Waals surface area contributed by atoms with Gasteiger partial charge < -0.3 is 9.47 Å². The van der Waals surface area contributed by atoms with Crippen LogP contribution in [0.15, 0.2) is 24.3 Å². The summed E-state index contributed by atoms with van der Waals surface area (Å²) in [4.78, 5) is 16.9. The molecule has 0 saturated carbocycles. The first kappa shape index (κ1) is 14.5. The molecule has 20 heavy (non-hydrogen) atoms. The molecule has 1 aromatic carbocycles. The fourth-order valence-electron chi connectivity index (χ4n) is 1.92. The summed E-state index contributed by atoms with van der Waals surface area (Å²) in [6.07, 6.45) is 0.593. The number of aromatic nitrogens is 1.